The van der Waals surface area contributed by atoms with Gasteiger partial charge in [-0.25, -0.2) is 4.39 Å². The van der Waals surface area contributed by atoms with Crippen LogP contribution in [0.2, 0.25) is 0 Å². The Morgan fingerprint density at radius 1 is 1.41 bits per heavy atom. The summed E-state index contributed by atoms with van der Waals surface area (Å²) in [4.78, 5) is 8.73. The molecule has 2 aliphatic heterocycles. The van der Waals surface area contributed by atoms with Gasteiger partial charge in [0.15, 0.2) is 0 Å². The maximum atomic E-state index is 12.9. The van der Waals surface area contributed by atoms with Gasteiger partial charge in [-0.3, -0.25) is 9.88 Å². The molecule has 1 aromatic heterocycles. The monoisotopic (exact) mass is 307 g/mol. The fraction of sp³-hybridized carbons (Fsp3) is 0.706. The van der Waals surface area contributed by atoms with Crippen molar-refractivity contribution in [1.29, 1.82) is 0 Å². The Labute approximate surface area is 131 Å². The highest BCUT2D eigenvalue weighted by Gasteiger charge is 2.38. The first-order valence-electron chi connectivity index (χ1n) is 8.25. The van der Waals surface area contributed by atoms with Crippen LogP contribution >= 0.6 is 0 Å². The van der Waals surface area contributed by atoms with Crippen LogP contribution < -0.4 is 4.90 Å². The Hall–Kier alpha value is -1.20. The molecular formula is C17H26FN3O. The highest BCUT2D eigenvalue weighted by Crippen LogP contribution is 2.28. The van der Waals surface area contributed by atoms with E-state index >= 15 is 0 Å². The zero-order chi connectivity index (χ0) is 15.7. The number of halogens is 1. The molecule has 0 bridgehead atoms. The third kappa shape index (κ3) is 3.41. The van der Waals surface area contributed by atoms with Crippen molar-refractivity contribution in [2.24, 2.45) is 0 Å². The van der Waals surface area contributed by atoms with Crippen LogP contribution in [0.5, 0.6) is 0 Å². The summed E-state index contributed by atoms with van der Waals surface area (Å²) in [5, 5.41) is 10.8. The number of hydrogen-bond donors (Lipinski definition) is 1. The molecule has 122 valence electrons. The Kier molecular flexibility index (Phi) is 4.37. The lowest BCUT2D eigenvalue weighted by molar-refractivity contribution is -0.0445. The first kappa shape index (κ1) is 15.7. The van der Waals surface area contributed by atoms with Gasteiger partial charge >= 0.3 is 0 Å². The minimum atomic E-state index is -0.741. The van der Waals surface area contributed by atoms with Crippen LogP contribution in [0.25, 0.3) is 0 Å². The lowest BCUT2D eigenvalue weighted by Crippen LogP contribution is -2.59. The van der Waals surface area contributed by atoms with E-state index < -0.39 is 11.8 Å². The van der Waals surface area contributed by atoms with Gasteiger partial charge in [0.2, 0.25) is 0 Å². The van der Waals surface area contributed by atoms with Crippen molar-refractivity contribution in [2.75, 3.05) is 37.6 Å². The van der Waals surface area contributed by atoms with Crippen LogP contribution in [0.4, 0.5) is 10.1 Å². The van der Waals surface area contributed by atoms with E-state index in [-0.39, 0.29) is 0 Å². The summed E-state index contributed by atoms with van der Waals surface area (Å²) >= 11 is 0. The molecule has 2 aliphatic rings. The second-order valence-corrected chi connectivity index (χ2v) is 7.14. The van der Waals surface area contributed by atoms with Crippen LogP contribution in [0.1, 0.15) is 38.3 Å². The largest absolute Gasteiger partial charge is 0.387 e. The Morgan fingerprint density at radius 2 is 2.18 bits per heavy atom. The molecule has 22 heavy (non-hydrogen) atoms. The van der Waals surface area contributed by atoms with E-state index in [1.54, 1.807) is 0 Å². The predicted octanol–water partition coefficient (Wildman–Crippen LogP) is 2.19. The van der Waals surface area contributed by atoms with Gasteiger partial charge in [0.25, 0.3) is 0 Å². The van der Waals surface area contributed by atoms with Crippen molar-refractivity contribution in [1.82, 2.24) is 9.88 Å². The molecule has 0 saturated carbocycles. The van der Waals surface area contributed by atoms with Gasteiger partial charge in [-0.05, 0) is 30.9 Å². The van der Waals surface area contributed by atoms with Gasteiger partial charge in [0.05, 0.1) is 17.5 Å². The topological polar surface area (TPSA) is 39.6 Å². The first-order valence-corrected chi connectivity index (χ1v) is 8.25. The molecule has 0 amide bonds. The smallest absolute Gasteiger partial charge is 0.125 e. The van der Waals surface area contributed by atoms with Crippen LogP contribution in [-0.2, 0) is 0 Å². The summed E-state index contributed by atoms with van der Waals surface area (Å²) < 4.78 is 12.9. The zero-order valence-corrected chi connectivity index (χ0v) is 13.5. The number of rotatable bonds is 4. The summed E-state index contributed by atoms with van der Waals surface area (Å²) in [5.74, 6) is 0.424. The van der Waals surface area contributed by atoms with E-state index in [4.69, 9.17) is 0 Å². The van der Waals surface area contributed by atoms with Gasteiger partial charge in [0, 0.05) is 38.4 Å². The predicted molar refractivity (Wildman–Crippen MR) is 86.1 cm³/mol. The van der Waals surface area contributed by atoms with Crippen molar-refractivity contribution < 1.29 is 9.50 Å². The lowest BCUT2D eigenvalue weighted by Gasteiger charge is -2.45. The van der Waals surface area contributed by atoms with Crippen LogP contribution in [0.15, 0.2) is 18.3 Å². The minimum absolute atomic E-state index is 0.424. The quantitative estimate of drug-likeness (QED) is 0.925. The number of aliphatic hydroxyl groups is 1. The molecule has 1 atom stereocenters. The SMILES string of the molecule is CC(C)c1ccc(N2CCC[C@@](O)(CN3CC(F)C3)C2)cn1. The van der Waals surface area contributed by atoms with Crippen LogP contribution in [0.3, 0.4) is 0 Å². The minimum Gasteiger partial charge on any atom is -0.387 e. The van der Waals surface area contributed by atoms with E-state index in [0.717, 1.165) is 30.8 Å². The second kappa shape index (κ2) is 6.13. The van der Waals surface area contributed by atoms with E-state index in [0.29, 0.717) is 32.1 Å². The van der Waals surface area contributed by atoms with Gasteiger partial charge in [-0.2, -0.15) is 0 Å². The molecule has 0 spiro atoms. The Morgan fingerprint density at radius 3 is 2.77 bits per heavy atom. The zero-order valence-electron chi connectivity index (χ0n) is 13.5. The molecule has 0 radical (unpaired) electrons. The van der Waals surface area contributed by atoms with Gasteiger partial charge < -0.3 is 10.0 Å². The number of alkyl halides is 1. The molecular weight excluding hydrogens is 281 g/mol. The summed E-state index contributed by atoms with van der Waals surface area (Å²) in [6, 6.07) is 4.16. The molecule has 4 nitrogen and oxygen atoms in total. The number of hydrogen-bond acceptors (Lipinski definition) is 4. The molecule has 3 heterocycles. The normalized spacial score (nSPS) is 27.2. The van der Waals surface area contributed by atoms with Crippen molar-refractivity contribution in [3.63, 3.8) is 0 Å². The first-order chi connectivity index (χ1) is 10.5. The maximum absolute atomic E-state index is 12.9. The van der Waals surface area contributed by atoms with Gasteiger partial charge in [0.1, 0.15) is 6.17 Å². The number of nitrogens with zero attached hydrogens (tertiary/aromatic N) is 3. The average molecular weight is 307 g/mol. The average Bonchev–Trinajstić information content (AvgIpc) is 2.45. The fourth-order valence-electron chi connectivity index (χ4n) is 3.44. The number of likely N-dealkylation sites (tertiary alicyclic amines) is 1. The Bertz CT molecular complexity index is 501. The number of anilines is 1. The van der Waals surface area contributed by atoms with Crippen molar-refractivity contribution in [3.05, 3.63) is 24.0 Å². The standard InChI is InChI=1S/C17H26FN3O/c1-13(2)16-5-4-15(8-19-16)21-7-3-6-17(22,12-21)11-20-9-14(18)10-20/h4-5,8,13-14,22H,3,6-7,9-12H2,1-2H3/t17-/m1/s1. The third-order valence-corrected chi connectivity index (χ3v) is 4.71. The summed E-state index contributed by atoms with van der Waals surface area (Å²) in [6.45, 7) is 7.31. The molecule has 3 rings (SSSR count). The summed E-state index contributed by atoms with van der Waals surface area (Å²) in [6.07, 6.45) is 2.93. The fourth-order valence-corrected chi connectivity index (χ4v) is 3.44. The Balaban J connectivity index is 1.64. The van der Waals surface area contributed by atoms with Crippen molar-refractivity contribution in [3.8, 4) is 0 Å². The van der Waals surface area contributed by atoms with Gasteiger partial charge in [-0.1, -0.05) is 13.8 Å². The maximum Gasteiger partial charge on any atom is 0.125 e. The second-order valence-electron chi connectivity index (χ2n) is 7.14. The van der Waals surface area contributed by atoms with E-state index in [2.05, 4.69) is 35.9 Å². The molecule has 2 fully saturated rings. The number of piperidine rings is 1. The molecule has 5 heteroatoms. The molecule has 2 saturated heterocycles. The lowest BCUT2D eigenvalue weighted by atomic mass is 9.90. The number of pyridine rings is 1. The third-order valence-electron chi connectivity index (χ3n) is 4.71. The highest BCUT2D eigenvalue weighted by atomic mass is 19.1. The van der Waals surface area contributed by atoms with Crippen molar-refractivity contribution >= 4 is 5.69 Å². The number of β-amino-alcohol motifs (C(OH)–C–C–N with tert-alkyl or cyclic N) is 1. The van der Waals surface area contributed by atoms with Crippen molar-refractivity contribution in [2.45, 2.75) is 44.4 Å². The summed E-state index contributed by atoms with van der Waals surface area (Å²) in [5.41, 5.74) is 1.41. The highest BCUT2D eigenvalue weighted by molar-refractivity contribution is 5.46. The summed E-state index contributed by atoms with van der Waals surface area (Å²) in [7, 11) is 0. The molecule has 0 aromatic carbocycles. The molecule has 1 aromatic rings. The van der Waals surface area contributed by atoms with E-state index in [1.165, 1.54) is 0 Å². The van der Waals surface area contributed by atoms with E-state index in [1.807, 2.05) is 11.1 Å². The van der Waals surface area contributed by atoms with Gasteiger partial charge in [-0.15, -0.1) is 0 Å². The molecule has 1 N–H and O–H groups in total. The van der Waals surface area contributed by atoms with Crippen LogP contribution in [-0.4, -0.2) is 59.5 Å². The number of aromatic nitrogens is 1. The van der Waals surface area contributed by atoms with Crippen LogP contribution in [0, 0.1) is 0 Å². The molecule has 0 aliphatic carbocycles. The van der Waals surface area contributed by atoms with E-state index in [9.17, 15) is 9.50 Å². The molecule has 0 unspecified atom stereocenters.